The zero-order chi connectivity index (χ0) is 19.8. The van der Waals surface area contributed by atoms with Crippen LogP contribution in [0.5, 0.6) is 11.5 Å². The van der Waals surface area contributed by atoms with Crippen LogP contribution in [0.25, 0.3) is 11.3 Å². The number of carbonyl (C=O) groups excluding carboxylic acids is 1. The number of fused-ring (bicyclic) bond motifs is 1. The molecule has 0 spiro atoms. The third kappa shape index (κ3) is 3.70. The fraction of sp³-hybridized carbons (Fsp3) is 0.524. The smallest absolute Gasteiger partial charge is 0.276 e. The van der Waals surface area contributed by atoms with Crippen molar-refractivity contribution in [2.45, 2.75) is 0 Å². The maximum atomic E-state index is 13.0. The summed E-state index contributed by atoms with van der Waals surface area (Å²) >= 11 is 0. The molecule has 29 heavy (non-hydrogen) atoms. The summed E-state index contributed by atoms with van der Waals surface area (Å²) in [5.41, 5.74) is 1.13. The Bertz CT molecular complexity index is 885. The van der Waals surface area contributed by atoms with E-state index in [4.69, 9.17) is 13.9 Å². The van der Waals surface area contributed by atoms with Crippen LogP contribution in [0.4, 0.5) is 0 Å². The highest BCUT2D eigenvalue weighted by Crippen LogP contribution is 2.36. The van der Waals surface area contributed by atoms with Crippen LogP contribution in [0, 0.1) is 5.92 Å². The Kier molecular flexibility index (Phi) is 4.89. The second kappa shape index (κ2) is 7.68. The molecular formula is C21H26N4O4. The number of carbonyl (C=O) groups is 1. The molecule has 8 nitrogen and oxygen atoms in total. The van der Waals surface area contributed by atoms with Gasteiger partial charge in [-0.15, -0.1) is 0 Å². The molecule has 1 aromatic heterocycles. The highest BCUT2D eigenvalue weighted by atomic mass is 16.6. The van der Waals surface area contributed by atoms with Crippen molar-refractivity contribution < 1.29 is 18.7 Å². The number of likely N-dealkylation sites (tertiary alicyclic amines) is 1. The first-order chi connectivity index (χ1) is 14.2. The normalized spacial score (nSPS) is 20.5. The first-order valence-corrected chi connectivity index (χ1v) is 10.2. The number of nitrogens with zero attached hydrogens (tertiary/aromatic N) is 4. The molecule has 3 aliphatic heterocycles. The van der Waals surface area contributed by atoms with Gasteiger partial charge in [-0.3, -0.25) is 4.79 Å². The van der Waals surface area contributed by atoms with Gasteiger partial charge < -0.3 is 28.6 Å². The second-order valence-corrected chi connectivity index (χ2v) is 8.07. The minimum atomic E-state index is -0.0710. The van der Waals surface area contributed by atoms with Gasteiger partial charge in [-0.1, -0.05) is 0 Å². The summed E-state index contributed by atoms with van der Waals surface area (Å²) in [4.78, 5) is 23.9. The van der Waals surface area contributed by atoms with Gasteiger partial charge in [0.2, 0.25) is 0 Å². The number of hydrogen-bond acceptors (Lipinski definition) is 7. The molecule has 154 valence electrons. The van der Waals surface area contributed by atoms with E-state index in [0.717, 1.165) is 51.4 Å². The Morgan fingerprint density at radius 2 is 1.86 bits per heavy atom. The van der Waals surface area contributed by atoms with Crippen LogP contribution < -0.4 is 9.47 Å². The first kappa shape index (κ1) is 18.4. The van der Waals surface area contributed by atoms with Crippen LogP contribution in [0.3, 0.4) is 0 Å². The van der Waals surface area contributed by atoms with Crippen LogP contribution >= 0.6 is 0 Å². The summed E-state index contributed by atoms with van der Waals surface area (Å²) in [6.07, 6.45) is 1.33. The molecular weight excluding hydrogens is 372 g/mol. The summed E-state index contributed by atoms with van der Waals surface area (Å²) in [5.74, 6) is 2.32. The molecule has 0 N–H and O–H groups in total. The Morgan fingerprint density at radius 1 is 1.10 bits per heavy atom. The van der Waals surface area contributed by atoms with Crippen LogP contribution in [-0.4, -0.2) is 91.7 Å². The van der Waals surface area contributed by atoms with Crippen LogP contribution in [0.15, 0.2) is 29.0 Å². The Morgan fingerprint density at radius 3 is 2.66 bits per heavy atom. The highest BCUT2D eigenvalue weighted by Gasteiger charge is 2.35. The minimum absolute atomic E-state index is 0.0710. The summed E-state index contributed by atoms with van der Waals surface area (Å²) in [5, 5.41) is 0. The quantitative estimate of drug-likeness (QED) is 0.772. The van der Waals surface area contributed by atoms with E-state index >= 15 is 0 Å². The number of oxazole rings is 1. The maximum Gasteiger partial charge on any atom is 0.276 e. The van der Waals surface area contributed by atoms with Crippen molar-refractivity contribution in [1.29, 1.82) is 0 Å². The third-order valence-electron chi connectivity index (χ3n) is 5.93. The molecule has 0 saturated carbocycles. The van der Waals surface area contributed by atoms with Crippen LogP contribution in [-0.2, 0) is 0 Å². The second-order valence-electron chi connectivity index (χ2n) is 8.07. The maximum absolute atomic E-state index is 13.0. The molecule has 3 aliphatic rings. The van der Waals surface area contributed by atoms with Crippen molar-refractivity contribution in [3.63, 3.8) is 0 Å². The molecule has 0 aliphatic carbocycles. The zero-order valence-corrected chi connectivity index (χ0v) is 16.7. The lowest BCUT2D eigenvalue weighted by molar-refractivity contribution is 0.0354. The predicted molar refractivity (Wildman–Crippen MR) is 106 cm³/mol. The summed E-state index contributed by atoms with van der Waals surface area (Å²) < 4.78 is 16.8. The zero-order valence-electron chi connectivity index (χ0n) is 16.7. The average molecular weight is 398 g/mol. The number of amides is 1. The van der Waals surface area contributed by atoms with E-state index in [-0.39, 0.29) is 5.91 Å². The van der Waals surface area contributed by atoms with Gasteiger partial charge in [-0.2, -0.15) is 0 Å². The molecule has 0 unspecified atom stereocenters. The molecule has 2 fully saturated rings. The number of piperazine rings is 1. The highest BCUT2D eigenvalue weighted by molar-refractivity contribution is 5.98. The van der Waals surface area contributed by atoms with Gasteiger partial charge in [0.25, 0.3) is 5.91 Å². The van der Waals surface area contributed by atoms with Crippen molar-refractivity contribution in [3.05, 3.63) is 30.3 Å². The molecule has 8 heteroatoms. The molecule has 0 bridgehead atoms. The lowest BCUT2D eigenvalue weighted by Crippen LogP contribution is -2.56. The molecule has 4 heterocycles. The van der Waals surface area contributed by atoms with E-state index in [1.165, 1.54) is 6.39 Å². The van der Waals surface area contributed by atoms with Crippen molar-refractivity contribution in [2.75, 3.05) is 66.1 Å². The summed E-state index contributed by atoms with van der Waals surface area (Å²) in [6, 6.07) is 5.56. The average Bonchev–Trinajstić information content (AvgIpc) is 3.21. The van der Waals surface area contributed by atoms with Gasteiger partial charge >= 0.3 is 0 Å². The van der Waals surface area contributed by atoms with Crippen molar-refractivity contribution >= 4 is 5.91 Å². The fourth-order valence-electron chi connectivity index (χ4n) is 4.18. The fourth-order valence-corrected chi connectivity index (χ4v) is 4.18. The lowest BCUT2D eigenvalue weighted by Gasteiger charge is -2.43. The number of rotatable bonds is 4. The summed E-state index contributed by atoms with van der Waals surface area (Å²) in [6.45, 7) is 8.13. The Hall–Kier alpha value is -2.58. The lowest BCUT2D eigenvalue weighted by atomic mass is 9.98. The van der Waals surface area contributed by atoms with E-state index in [2.05, 4.69) is 21.8 Å². The van der Waals surface area contributed by atoms with Gasteiger partial charge in [-0.05, 0) is 25.2 Å². The topological polar surface area (TPSA) is 71.3 Å². The largest absolute Gasteiger partial charge is 0.486 e. The van der Waals surface area contributed by atoms with Gasteiger partial charge in [0, 0.05) is 57.3 Å². The molecule has 2 saturated heterocycles. The van der Waals surface area contributed by atoms with Crippen LogP contribution in [0.2, 0.25) is 0 Å². The van der Waals surface area contributed by atoms with Crippen molar-refractivity contribution in [2.24, 2.45) is 5.92 Å². The van der Waals surface area contributed by atoms with E-state index in [1.807, 2.05) is 23.1 Å². The molecule has 0 atom stereocenters. The molecule has 2 aromatic rings. The number of benzene rings is 1. The standard InChI is InChI=1S/C21H26N4O4/c1-23-4-6-24(7-5-23)11-15-12-25(13-15)21(26)19-20(29-14-22-19)16-2-3-17-18(10-16)28-9-8-27-17/h2-3,10,14-15H,4-9,11-13H2,1H3. The van der Waals surface area contributed by atoms with Gasteiger partial charge in [0.15, 0.2) is 29.3 Å². The molecule has 1 aromatic carbocycles. The number of hydrogen-bond donors (Lipinski definition) is 0. The van der Waals surface area contributed by atoms with E-state index in [9.17, 15) is 4.79 Å². The Balaban J connectivity index is 1.23. The van der Waals surface area contributed by atoms with Gasteiger partial charge in [-0.25, -0.2) is 4.98 Å². The van der Waals surface area contributed by atoms with Gasteiger partial charge in [0.05, 0.1) is 0 Å². The van der Waals surface area contributed by atoms with E-state index < -0.39 is 0 Å². The van der Waals surface area contributed by atoms with Crippen LogP contribution in [0.1, 0.15) is 10.5 Å². The number of ether oxygens (including phenoxy) is 2. The van der Waals surface area contributed by atoms with Crippen molar-refractivity contribution in [3.8, 4) is 22.8 Å². The monoisotopic (exact) mass is 398 g/mol. The van der Waals surface area contributed by atoms with E-state index in [0.29, 0.717) is 42.1 Å². The molecule has 5 rings (SSSR count). The first-order valence-electron chi connectivity index (χ1n) is 10.2. The SMILES string of the molecule is CN1CCN(CC2CN(C(=O)c3ncoc3-c3ccc4c(c3)OCCO4)C2)CC1. The van der Waals surface area contributed by atoms with Crippen molar-refractivity contribution in [1.82, 2.24) is 19.7 Å². The number of likely N-dealkylation sites (N-methyl/N-ethyl adjacent to an activating group) is 1. The number of aromatic nitrogens is 1. The predicted octanol–water partition coefficient (Wildman–Crippen LogP) is 1.43. The molecule has 1 amide bonds. The minimum Gasteiger partial charge on any atom is -0.486 e. The van der Waals surface area contributed by atoms with E-state index in [1.54, 1.807) is 0 Å². The Labute approximate surface area is 170 Å². The third-order valence-corrected chi connectivity index (χ3v) is 5.93. The summed E-state index contributed by atoms with van der Waals surface area (Å²) in [7, 11) is 2.16. The van der Waals surface area contributed by atoms with Gasteiger partial charge in [0.1, 0.15) is 13.2 Å². The molecule has 0 radical (unpaired) electrons.